The van der Waals surface area contributed by atoms with Crippen LogP contribution in [-0.4, -0.2) is 64.2 Å². The molecule has 3 N–H and O–H groups in total. The van der Waals surface area contributed by atoms with Crippen LogP contribution < -0.4 is 10.6 Å². The SMILES string of the molecule is CCCC(C)NC(=O)C1N(CCCCCO)C(=O)[C@@H]2[C@H](C(=O)NCc3ccccc3)[C@@]3(C)OC12CC3C. The van der Waals surface area contributed by atoms with Crippen molar-refractivity contribution in [2.24, 2.45) is 17.8 Å². The summed E-state index contributed by atoms with van der Waals surface area (Å²) in [6.45, 7) is 8.93. The van der Waals surface area contributed by atoms with E-state index in [4.69, 9.17) is 4.74 Å². The quantitative estimate of drug-likeness (QED) is 0.373. The number of aliphatic hydroxyl groups excluding tert-OH is 1. The zero-order valence-corrected chi connectivity index (χ0v) is 22.7. The van der Waals surface area contributed by atoms with Crippen molar-refractivity contribution in [2.45, 2.75) is 96.1 Å². The van der Waals surface area contributed by atoms with E-state index in [2.05, 4.69) is 24.5 Å². The van der Waals surface area contributed by atoms with E-state index in [-0.39, 0.29) is 36.3 Å². The van der Waals surface area contributed by atoms with Crippen LogP contribution in [0.25, 0.3) is 0 Å². The standard InChI is InChI=1S/C29H43N3O5/c1-5-12-20(3)31-26(35)24-29-17-19(2)28(4,37-29)22(25(34)30-18-21-13-8-6-9-14-21)23(29)27(36)32(24)15-10-7-11-16-33/h6,8-9,13-14,19-20,22-24,33H,5,7,10-12,15-18H2,1-4H3,(H,30,34)(H,31,35)/t19?,20?,22-,23+,24?,28+,29?/m1/s1. The van der Waals surface area contributed by atoms with Gasteiger partial charge in [0.05, 0.1) is 17.4 Å². The van der Waals surface area contributed by atoms with Crippen molar-refractivity contribution in [1.82, 2.24) is 15.5 Å². The Morgan fingerprint density at radius 3 is 2.59 bits per heavy atom. The molecule has 3 aliphatic rings. The van der Waals surface area contributed by atoms with Crippen LogP contribution in [0.2, 0.25) is 0 Å². The zero-order chi connectivity index (χ0) is 26.8. The lowest BCUT2D eigenvalue weighted by Gasteiger charge is -2.36. The number of benzene rings is 1. The van der Waals surface area contributed by atoms with Gasteiger partial charge in [-0.2, -0.15) is 0 Å². The number of carbonyl (C=O) groups is 3. The van der Waals surface area contributed by atoms with Gasteiger partial charge in [-0.3, -0.25) is 14.4 Å². The fourth-order valence-corrected chi connectivity index (χ4v) is 6.97. The molecule has 37 heavy (non-hydrogen) atoms. The van der Waals surface area contributed by atoms with E-state index in [9.17, 15) is 19.5 Å². The molecule has 2 bridgehead atoms. The van der Waals surface area contributed by atoms with Gasteiger partial charge in [-0.15, -0.1) is 0 Å². The fraction of sp³-hybridized carbons (Fsp3) is 0.690. The Balaban J connectivity index is 1.64. The van der Waals surface area contributed by atoms with Gasteiger partial charge in [-0.25, -0.2) is 0 Å². The second-order valence-corrected chi connectivity index (χ2v) is 11.4. The first kappa shape index (κ1) is 27.6. The largest absolute Gasteiger partial charge is 0.396 e. The van der Waals surface area contributed by atoms with Crippen LogP contribution in [0.3, 0.4) is 0 Å². The summed E-state index contributed by atoms with van der Waals surface area (Å²) in [5.41, 5.74) is -0.858. The minimum atomic E-state index is -1.02. The maximum atomic E-state index is 14.0. The molecule has 0 radical (unpaired) electrons. The van der Waals surface area contributed by atoms with Gasteiger partial charge in [-0.05, 0) is 57.4 Å². The lowest BCUT2D eigenvalue weighted by molar-refractivity contribution is -0.147. The van der Waals surface area contributed by atoms with Crippen LogP contribution >= 0.6 is 0 Å². The second kappa shape index (κ2) is 11.1. The Bertz CT molecular complexity index is 987. The highest BCUT2D eigenvalue weighted by molar-refractivity contribution is 5.99. The number of hydrogen-bond acceptors (Lipinski definition) is 5. The highest BCUT2D eigenvalue weighted by atomic mass is 16.5. The number of aliphatic hydroxyl groups is 1. The van der Waals surface area contributed by atoms with Crippen molar-refractivity contribution in [3.63, 3.8) is 0 Å². The Morgan fingerprint density at radius 2 is 1.92 bits per heavy atom. The smallest absolute Gasteiger partial charge is 0.246 e. The molecule has 1 aromatic carbocycles. The molecule has 3 heterocycles. The Hall–Kier alpha value is -2.45. The summed E-state index contributed by atoms with van der Waals surface area (Å²) < 4.78 is 6.75. The molecule has 4 unspecified atom stereocenters. The van der Waals surface area contributed by atoms with Gasteiger partial charge < -0.3 is 25.4 Å². The molecular formula is C29H43N3O5. The topological polar surface area (TPSA) is 108 Å². The van der Waals surface area contributed by atoms with E-state index in [1.54, 1.807) is 4.90 Å². The van der Waals surface area contributed by atoms with Crippen molar-refractivity contribution in [1.29, 1.82) is 0 Å². The molecule has 3 saturated heterocycles. The maximum absolute atomic E-state index is 14.0. The van der Waals surface area contributed by atoms with Crippen molar-refractivity contribution in [2.75, 3.05) is 13.2 Å². The first-order valence-electron chi connectivity index (χ1n) is 13.9. The average molecular weight is 514 g/mol. The number of fused-ring (bicyclic) bond motifs is 1. The van der Waals surface area contributed by atoms with Gasteiger partial charge in [0.2, 0.25) is 17.7 Å². The third kappa shape index (κ3) is 4.90. The van der Waals surface area contributed by atoms with Crippen molar-refractivity contribution < 1.29 is 24.2 Å². The molecule has 0 saturated carbocycles. The molecule has 4 rings (SSSR count). The summed E-state index contributed by atoms with van der Waals surface area (Å²) in [5, 5.41) is 15.4. The minimum absolute atomic E-state index is 0.0155. The van der Waals surface area contributed by atoms with E-state index in [1.807, 2.05) is 44.2 Å². The van der Waals surface area contributed by atoms with E-state index >= 15 is 0 Å². The minimum Gasteiger partial charge on any atom is -0.396 e. The summed E-state index contributed by atoms with van der Waals surface area (Å²) in [6, 6.07) is 8.91. The number of amides is 3. The van der Waals surface area contributed by atoms with Crippen LogP contribution in [0.4, 0.5) is 0 Å². The number of rotatable bonds is 12. The highest BCUT2D eigenvalue weighted by Crippen LogP contribution is 2.65. The molecule has 1 aromatic rings. The number of unbranched alkanes of at least 4 members (excludes halogenated alkanes) is 2. The monoisotopic (exact) mass is 513 g/mol. The van der Waals surface area contributed by atoms with E-state index in [1.165, 1.54) is 0 Å². The molecule has 3 aliphatic heterocycles. The summed E-state index contributed by atoms with van der Waals surface area (Å²) in [5.74, 6) is -1.90. The summed E-state index contributed by atoms with van der Waals surface area (Å²) in [4.78, 5) is 43.2. The molecular weight excluding hydrogens is 470 g/mol. The molecule has 7 atom stereocenters. The normalized spacial score (nSPS) is 32.9. The van der Waals surface area contributed by atoms with Crippen LogP contribution in [0.15, 0.2) is 30.3 Å². The highest BCUT2D eigenvalue weighted by Gasteiger charge is 2.79. The third-order valence-electron chi connectivity index (χ3n) is 8.82. The van der Waals surface area contributed by atoms with Crippen LogP contribution in [0.1, 0.15) is 71.8 Å². The van der Waals surface area contributed by atoms with Crippen LogP contribution in [0, 0.1) is 17.8 Å². The van der Waals surface area contributed by atoms with Crippen molar-refractivity contribution in [3.05, 3.63) is 35.9 Å². The van der Waals surface area contributed by atoms with E-state index in [0.29, 0.717) is 32.4 Å². The summed E-state index contributed by atoms with van der Waals surface area (Å²) >= 11 is 0. The van der Waals surface area contributed by atoms with Crippen LogP contribution in [-0.2, 0) is 25.7 Å². The summed E-state index contributed by atoms with van der Waals surface area (Å²) in [7, 11) is 0. The lowest BCUT2D eigenvalue weighted by atomic mass is 9.62. The predicted octanol–water partition coefficient (Wildman–Crippen LogP) is 2.78. The number of hydrogen-bond donors (Lipinski definition) is 3. The second-order valence-electron chi connectivity index (χ2n) is 11.4. The Morgan fingerprint density at radius 1 is 1.19 bits per heavy atom. The summed E-state index contributed by atoms with van der Waals surface area (Å²) in [6.07, 6.45) is 4.44. The number of carbonyl (C=O) groups excluding carboxylic acids is 3. The predicted molar refractivity (Wildman–Crippen MR) is 140 cm³/mol. The van der Waals surface area contributed by atoms with Gasteiger partial charge in [-0.1, -0.05) is 50.6 Å². The number of nitrogens with one attached hydrogen (secondary N) is 2. The third-order valence-corrected chi connectivity index (χ3v) is 8.82. The molecule has 8 nitrogen and oxygen atoms in total. The molecule has 8 heteroatoms. The zero-order valence-electron chi connectivity index (χ0n) is 22.7. The van der Waals surface area contributed by atoms with Crippen LogP contribution in [0.5, 0.6) is 0 Å². The van der Waals surface area contributed by atoms with Crippen molar-refractivity contribution >= 4 is 17.7 Å². The molecule has 3 amide bonds. The maximum Gasteiger partial charge on any atom is 0.246 e. The molecule has 0 aromatic heterocycles. The van der Waals surface area contributed by atoms with Gasteiger partial charge in [0.15, 0.2) is 0 Å². The molecule has 0 aliphatic carbocycles. The fourth-order valence-electron chi connectivity index (χ4n) is 6.97. The van der Waals surface area contributed by atoms with Gasteiger partial charge in [0, 0.05) is 25.7 Å². The molecule has 3 fully saturated rings. The average Bonchev–Trinajstić information content (AvgIpc) is 3.37. The van der Waals surface area contributed by atoms with E-state index in [0.717, 1.165) is 24.8 Å². The first-order chi connectivity index (χ1) is 17.7. The van der Waals surface area contributed by atoms with E-state index < -0.39 is 29.1 Å². The molecule has 1 spiro atoms. The number of nitrogens with zero attached hydrogens (tertiary/aromatic N) is 1. The van der Waals surface area contributed by atoms with Gasteiger partial charge in [0.1, 0.15) is 11.6 Å². The van der Waals surface area contributed by atoms with Gasteiger partial charge in [0.25, 0.3) is 0 Å². The lowest BCUT2D eigenvalue weighted by Crippen LogP contribution is -2.57. The number of ether oxygens (including phenoxy) is 1. The molecule has 204 valence electrons. The van der Waals surface area contributed by atoms with Crippen molar-refractivity contribution in [3.8, 4) is 0 Å². The Labute approximate surface area is 220 Å². The first-order valence-corrected chi connectivity index (χ1v) is 13.9. The van der Waals surface area contributed by atoms with Gasteiger partial charge >= 0.3 is 0 Å². The Kier molecular flexibility index (Phi) is 8.29. The number of likely N-dealkylation sites (tertiary alicyclic amines) is 1.